The summed E-state index contributed by atoms with van der Waals surface area (Å²) in [6, 6.07) is 14.2. The second-order valence-corrected chi connectivity index (χ2v) is 6.79. The number of nitrogens with one attached hydrogen (secondary N) is 1. The molecule has 1 aliphatic rings. The minimum atomic E-state index is -0.245. The lowest BCUT2D eigenvalue weighted by Crippen LogP contribution is -2.36. The molecule has 0 radical (unpaired) electrons. The van der Waals surface area contributed by atoms with Gasteiger partial charge in [-0.2, -0.15) is 0 Å². The lowest BCUT2D eigenvalue weighted by atomic mass is 9.80. The molecule has 2 aromatic carbocycles. The maximum absolute atomic E-state index is 12.4. The monoisotopic (exact) mass is 348 g/mol. The molecule has 3 aromatic rings. The van der Waals surface area contributed by atoms with E-state index in [2.05, 4.69) is 10.3 Å². The van der Waals surface area contributed by atoms with Crippen molar-refractivity contribution in [2.45, 2.75) is 25.3 Å². The van der Waals surface area contributed by atoms with E-state index in [1.165, 1.54) is 0 Å². The predicted octanol–water partition coefficient (Wildman–Crippen LogP) is 2.65. The number of carbonyl (C=O) groups is 2. The van der Waals surface area contributed by atoms with Gasteiger partial charge >= 0.3 is 0 Å². The number of benzene rings is 2. The summed E-state index contributed by atoms with van der Waals surface area (Å²) in [6.07, 6.45) is 5.25. The molecule has 0 saturated heterocycles. The molecule has 0 bridgehead atoms. The summed E-state index contributed by atoms with van der Waals surface area (Å²) >= 11 is 0. The molecule has 3 N–H and O–H groups in total. The Bertz CT molecular complexity index is 967. The Morgan fingerprint density at radius 1 is 1.15 bits per heavy atom. The summed E-state index contributed by atoms with van der Waals surface area (Å²) < 4.78 is 1.94. The lowest BCUT2D eigenvalue weighted by Gasteiger charge is -2.33. The number of anilines is 1. The average Bonchev–Trinajstić information content (AvgIpc) is 3.01. The topological polar surface area (TPSA) is 90.0 Å². The molecule has 0 aliphatic heterocycles. The third-order valence-electron chi connectivity index (χ3n) is 5.04. The van der Waals surface area contributed by atoms with Gasteiger partial charge in [-0.3, -0.25) is 9.59 Å². The van der Waals surface area contributed by atoms with E-state index >= 15 is 0 Å². The zero-order chi connectivity index (χ0) is 18.1. The van der Waals surface area contributed by atoms with Crippen LogP contribution in [0, 0.1) is 5.92 Å². The molecule has 6 heteroatoms. The first-order valence-corrected chi connectivity index (χ1v) is 8.69. The normalized spacial score (nSPS) is 19.1. The fourth-order valence-electron chi connectivity index (χ4n) is 3.47. The zero-order valence-corrected chi connectivity index (χ0v) is 14.3. The number of amides is 2. The first-order chi connectivity index (χ1) is 12.6. The molecule has 1 fully saturated rings. The van der Waals surface area contributed by atoms with Crippen molar-refractivity contribution in [1.29, 1.82) is 0 Å². The fraction of sp³-hybridized carbons (Fsp3) is 0.250. The van der Waals surface area contributed by atoms with Gasteiger partial charge in [0.2, 0.25) is 11.8 Å². The van der Waals surface area contributed by atoms with Crippen LogP contribution in [0.1, 0.15) is 24.4 Å². The number of hydrogen-bond acceptors (Lipinski definition) is 3. The first-order valence-electron chi connectivity index (χ1n) is 8.69. The van der Waals surface area contributed by atoms with E-state index < -0.39 is 0 Å². The summed E-state index contributed by atoms with van der Waals surface area (Å²) in [7, 11) is 0. The number of hydrogen-bond donors (Lipinski definition) is 2. The number of carbonyl (C=O) groups excluding carboxylic acids is 2. The smallest absolute Gasteiger partial charge is 0.230 e. The molecule has 6 nitrogen and oxygen atoms in total. The number of nitrogens with zero attached hydrogens (tertiary/aromatic N) is 2. The van der Waals surface area contributed by atoms with Gasteiger partial charge in [-0.15, -0.1) is 0 Å². The van der Waals surface area contributed by atoms with E-state index in [0.29, 0.717) is 12.2 Å². The Morgan fingerprint density at radius 2 is 1.92 bits per heavy atom. The van der Waals surface area contributed by atoms with Crippen LogP contribution in [0.5, 0.6) is 0 Å². The minimum absolute atomic E-state index is 0.0493. The largest absolute Gasteiger partial charge is 0.369 e. The summed E-state index contributed by atoms with van der Waals surface area (Å²) in [5, 5.41) is 5.06. The first kappa shape index (κ1) is 16.3. The van der Waals surface area contributed by atoms with Crippen molar-refractivity contribution in [3.05, 3.63) is 60.6 Å². The van der Waals surface area contributed by atoms with Crippen molar-refractivity contribution in [3.63, 3.8) is 0 Å². The van der Waals surface area contributed by atoms with Crippen LogP contribution in [0.4, 0.5) is 5.82 Å². The van der Waals surface area contributed by atoms with Crippen LogP contribution in [0.3, 0.4) is 0 Å². The number of rotatable bonds is 5. The van der Waals surface area contributed by atoms with Crippen molar-refractivity contribution in [2.75, 3.05) is 5.32 Å². The highest BCUT2D eigenvalue weighted by atomic mass is 16.2. The molecule has 1 saturated carbocycles. The van der Waals surface area contributed by atoms with Crippen molar-refractivity contribution in [3.8, 4) is 0 Å². The van der Waals surface area contributed by atoms with Crippen LogP contribution in [0.2, 0.25) is 0 Å². The third kappa shape index (κ3) is 3.18. The SMILES string of the molecule is NC(=O)C1CC(n2cnc(NC(=O)Cc3cccc4ccccc34)c2)C1. The summed E-state index contributed by atoms with van der Waals surface area (Å²) in [5.74, 6) is 0.129. The zero-order valence-electron chi connectivity index (χ0n) is 14.3. The van der Waals surface area contributed by atoms with Crippen LogP contribution in [-0.4, -0.2) is 21.4 Å². The van der Waals surface area contributed by atoms with E-state index in [1.54, 1.807) is 6.33 Å². The second-order valence-electron chi connectivity index (χ2n) is 6.79. The van der Waals surface area contributed by atoms with Crippen LogP contribution in [-0.2, 0) is 16.0 Å². The molecular formula is C20H20N4O2. The van der Waals surface area contributed by atoms with Crippen LogP contribution < -0.4 is 11.1 Å². The molecule has 0 atom stereocenters. The maximum Gasteiger partial charge on any atom is 0.230 e. The highest BCUT2D eigenvalue weighted by Gasteiger charge is 2.34. The van der Waals surface area contributed by atoms with Crippen LogP contribution in [0.15, 0.2) is 55.0 Å². The maximum atomic E-state index is 12.4. The highest BCUT2D eigenvalue weighted by Crippen LogP contribution is 2.37. The Kier molecular flexibility index (Phi) is 4.16. The third-order valence-corrected chi connectivity index (χ3v) is 5.04. The number of imidazole rings is 1. The standard InChI is InChI=1S/C20H20N4O2/c21-20(26)15-8-16(9-15)24-11-18(22-12-24)23-19(25)10-14-6-3-5-13-4-1-2-7-17(13)14/h1-7,11-12,15-16H,8-10H2,(H2,21,26)(H,23,25). The average molecular weight is 348 g/mol. The quantitative estimate of drug-likeness (QED) is 0.743. The molecule has 1 aromatic heterocycles. The van der Waals surface area contributed by atoms with Gasteiger partial charge in [0.1, 0.15) is 0 Å². The van der Waals surface area contributed by atoms with E-state index in [4.69, 9.17) is 5.73 Å². The van der Waals surface area contributed by atoms with E-state index in [-0.39, 0.29) is 23.8 Å². The minimum Gasteiger partial charge on any atom is -0.369 e. The van der Waals surface area contributed by atoms with E-state index in [1.807, 2.05) is 53.2 Å². The molecule has 1 heterocycles. The molecule has 0 spiro atoms. The van der Waals surface area contributed by atoms with Gasteiger partial charge in [0.05, 0.1) is 12.7 Å². The van der Waals surface area contributed by atoms with Crippen LogP contribution in [0.25, 0.3) is 10.8 Å². The summed E-state index contributed by atoms with van der Waals surface area (Å²) in [4.78, 5) is 27.8. The van der Waals surface area contributed by atoms with Gasteiger partial charge in [-0.1, -0.05) is 42.5 Å². The van der Waals surface area contributed by atoms with Crippen molar-refractivity contribution in [1.82, 2.24) is 9.55 Å². The molecule has 1 aliphatic carbocycles. The number of aromatic nitrogens is 2. The van der Waals surface area contributed by atoms with Crippen LogP contribution >= 0.6 is 0 Å². The van der Waals surface area contributed by atoms with Crippen molar-refractivity contribution in [2.24, 2.45) is 11.7 Å². The fourth-order valence-corrected chi connectivity index (χ4v) is 3.47. The van der Waals surface area contributed by atoms with Crippen molar-refractivity contribution < 1.29 is 9.59 Å². The number of fused-ring (bicyclic) bond motifs is 1. The Hall–Kier alpha value is -3.15. The Morgan fingerprint density at radius 3 is 2.73 bits per heavy atom. The lowest BCUT2D eigenvalue weighted by molar-refractivity contribution is -0.125. The molecule has 4 rings (SSSR count). The highest BCUT2D eigenvalue weighted by molar-refractivity contribution is 5.95. The van der Waals surface area contributed by atoms with Gasteiger partial charge in [-0.25, -0.2) is 4.98 Å². The number of primary amides is 1. The summed E-state index contributed by atoms with van der Waals surface area (Å²) in [6.45, 7) is 0. The Balaban J connectivity index is 1.40. The van der Waals surface area contributed by atoms with Gasteiger partial charge in [-0.05, 0) is 29.2 Å². The van der Waals surface area contributed by atoms with Gasteiger partial charge in [0.25, 0.3) is 0 Å². The van der Waals surface area contributed by atoms with Gasteiger partial charge in [0, 0.05) is 18.2 Å². The second kappa shape index (κ2) is 6.63. The Labute approximate surface area is 151 Å². The van der Waals surface area contributed by atoms with Gasteiger partial charge < -0.3 is 15.6 Å². The molecule has 26 heavy (non-hydrogen) atoms. The molecule has 2 amide bonds. The van der Waals surface area contributed by atoms with Crippen molar-refractivity contribution >= 4 is 28.4 Å². The molecule has 132 valence electrons. The van der Waals surface area contributed by atoms with E-state index in [0.717, 1.165) is 29.2 Å². The number of nitrogens with two attached hydrogens (primary N) is 1. The molecule has 0 unspecified atom stereocenters. The van der Waals surface area contributed by atoms with E-state index in [9.17, 15) is 9.59 Å². The van der Waals surface area contributed by atoms with Gasteiger partial charge in [0.15, 0.2) is 5.82 Å². The molecular weight excluding hydrogens is 328 g/mol. The predicted molar refractivity (Wildman–Crippen MR) is 99.5 cm³/mol. The summed E-state index contributed by atoms with van der Waals surface area (Å²) in [5.41, 5.74) is 6.29.